The van der Waals surface area contributed by atoms with E-state index in [1.807, 2.05) is 25.2 Å². The van der Waals surface area contributed by atoms with Crippen LogP contribution in [0.4, 0.5) is 5.82 Å². The minimum atomic E-state index is -3.41. The van der Waals surface area contributed by atoms with Crippen LogP contribution in [0.25, 0.3) is 10.9 Å². The molecule has 8 heteroatoms. The number of nitrogens with one attached hydrogen (secondary N) is 1. The van der Waals surface area contributed by atoms with Gasteiger partial charge in [0.25, 0.3) is 0 Å². The van der Waals surface area contributed by atoms with E-state index in [1.54, 1.807) is 12.1 Å². The molecule has 2 aromatic heterocycles. The number of nitrogens with zero attached hydrogens (tertiary/aromatic N) is 3. The van der Waals surface area contributed by atoms with Crippen molar-refractivity contribution in [3.63, 3.8) is 0 Å². The maximum absolute atomic E-state index is 12.5. The van der Waals surface area contributed by atoms with Gasteiger partial charge in [-0.2, -0.15) is 4.31 Å². The lowest BCUT2D eigenvalue weighted by molar-refractivity contribution is 0.477. The number of hydrogen-bond donors (Lipinski definition) is 1. The molecule has 1 aromatic carbocycles. The molecule has 6 nitrogen and oxygen atoms in total. The number of anilines is 1. The summed E-state index contributed by atoms with van der Waals surface area (Å²) < 4.78 is 28.7. The number of fused-ring (bicyclic) bond motifs is 1. The number of aromatic nitrogens is 2. The first kappa shape index (κ1) is 19.2. The number of sulfonamides is 1. The van der Waals surface area contributed by atoms with Gasteiger partial charge < -0.3 is 9.88 Å². The smallest absolute Gasteiger partial charge is 0.244 e. The second-order valence-corrected chi connectivity index (χ2v) is 9.47. The van der Waals surface area contributed by atoms with Gasteiger partial charge in [-0.05, 0) is 49.1 Å². The molecule has 0 spiro atoms. The zero-order chi connectivity index (χ0) is 19.7. The molecule has 28 heavy (non-hydrogen) atoms. The third kappa shape index (κ3) is 3.74. The van der Waals surface area contributed by atoms with Crippen LogP contribution >= 0.6 is 11.6 Å². The second kappa shape index (κ2) is 7.73. The molecule has 1 aliphatic heterocycles. The van der Waals surface area contributed by atoms with Crippen LogP contribution in [0.15, 0.2) is 47.6 Å². The van der Waals surface area contributed by atoms with E-state index in [4.69, 9.17) is 11.6 Å². The molecule has 1 N–H and O–H groups in total. The van der Waals surface area contributed by atoms with Crippen LogP contribution in [-0.4, -0.2) is 41.9 Å². The summed E-state index contributed by atoms with van der Waals surface area (Å²) in [4.78, 5) is 4.54. The lowest BCUT2D eigenvalue weighted by Gasteiger charge is -2.15. The Hall–Kier alpha value is -2.09. The number of benzene rings is 1. The second-order valence-electron chi connectivity index (χ2n) is 7.09. The summed E-state index contributed by atoms with van der Waals surface area (Å²) in [5.41, 5.74) is 2.34. The summed E-state index contributed by atoms with van der Waals surface area (Å²) in [5, 5.41) is 5.19. The highest BCUT2D eigenvalue weighted by Gasteiger charge is 2.27. The molecule has 1 saturated heterocycles. The van der Waals surface area contributed by atoms with E-state index in [-0.39, 0.29) is 4.90 Å². The van der Waals surface area contributed by atoms with Crippen LogP contribution in [0, 0.1) is 0 Å². The third-order valence-electron chi connectivity index (χ3n) is 5.17. The van der Waals surface area contributed by atoms with E-state index in [0.717, 1.165) is 29.8 Å². The Balaban J connectivity index is 1.41. The zero-order valence-corrected chi connectivity index (χ0v) is 17.3. The van der Waals surface area contributed by atoms with Crippen molar-refractivity contribution in [3.05, 3.63) is 53.3 Å². The predicted molar refractivity (Wildman–Crippen MR) is 112 cm³/mol. The van der Waals surface area contributed by atoms with E-state index in [1.165, 1.54) is 21.5 Å². The van der Waals surface area contributed by atoms with E-state index in [0.29, 0.717) is 25.5 Å². The summed E-state index contributed by atoms with van der Waals surface area (Å²) in [5.74, 6) is 0.670. The molecular formula is C20H23ClN4O2S. The van der Waals surface area contributed by atoms with Gasteiger partial charge in [-0.3, -0.25) is 0 Å². The molecule has 0 amide bonds. The summed E-state index contributed by atoms with van der Waals surface area (Å²) in [6, 6.07) is 9.27. The topological polar surface area (TPSA) is 67.2 Å². The summed E-state index contributed by atoms with van der Waals surface area (Å²) in [6.07, 6.45) is 6.23. The van der Waals surface area contributed by atoms with Gasteiger partial charge in [0.15, 0.2) is 0 Å². The maximum Gasteiger partial charge on any atom is 0.244 e. The Bertz CT molecular complexity index is 1090. The minimum Gasteiger partial charge on any atom is -0.370 e. The molecule has 148 valence electrons. The van der Waals surface area contributed by atoms with Gasteiger partial charge >= 0.3 is 0 Å². The van der Waals surface area contributed by atoms with Gasteiger partial charge in [-0.15, -0.1) is 0 Å². The summed E-state index contributed by atoms with van der Waals surface area (Å²) in [7, 11) is -1.40. The molecule has 0 atom stereocenters. The van der Waals surface area contributed by atoms with Crippen LogP contribution < -0.4 is 5.32 Å². The highest BCUT2D eigenvalue weighted by Crippen LogP contribution is 2.25. The molecule has 0 saturated carbocycles. The first-order valence-electron chi connectivity index (χ1n) is 9.39. The molecule has 0 bridgehead atoms. The van der Waals surface area contributed by atoms with E-state index in [9.17, 15) is 8.42 Å². The Labute approximate surface area is 170 Å². The van der Waals surface area contributed by atoms with Crippen LogP contribution in [-0.2, 0) is 23.5 Å². The first-order valence-corrected chi connectivity index (χ1v) is 11.2. The number of pyridine rings is 1. The summed E-state index contributed by atoms with van der Waals surface area (Å²) >= 11 is 6.09. The molecule has 0 aliphatic carbocycles. The van der Waals surface area contributed by atoms with Crippen molar-refractivity contribution in [2.75, 3.05) is 25.0 Å². The van der Waals surface area contributed by atoms with Crippen molar-refractivity contribution >= 4 is 38.3 Å². The molecule has 3 aromatic rings. The lowest BCUT2D eigenvalue weighted by Crippen LogP contribution is -2.27. The van der Waals surface area contributed by atoms with Crippen molar-refractivity contribution in [1.29, 1.82) is 0 Å². The molecule has 1 fully saturated rings. The monoisotopic (exact) mass is 418 g/mol. The fraction of sp³-hybridized carbons (Fsp3) is 0.350. The van der Waals surface area contributed by atoms with Crippen molar-refractivity contribution < 1.29 is 8.42 Å². The van der Waals surface area contributed by atoms with Crippen molar-refractivity contribution in [2.24, 2.45) is 7.05 Å². The fourth-order valence-electron chi connectivity index (χ4n) is 3.68. The quantitative estimate of drug-likeness (QED) is 0.663. The Kier molecular flexibility index (Phi) is 5.31. The highest BCUT2D eigenvalue weighted by molar-refractivity contribution is 7.89. The maximum atomic E-state index is 12.5. The summed E-state index contributed by atoms with van der Waals surface area (Å²) in [6.45, 7) is 1.89. The molecular weight excluding hydrogens is 396 g/mol. The largest absolute Gasteiger partial charge is 0.370 e. The Morgan fingerprint density at radius 3 is 2.68 bits per heavy atom. The predicted octanol–water partition coefficient (Wildman–Crippen LogP) is 3.67. The minimum absolute atomic E-state index is 0.255. The molecule has 0 unspecified atom stereocenters. The van der Waals surface area contributed by atoms with Crippen molar-refractivity contribution in [1.82, 2.24) is 13.9 Å². The Morgan fingerprint density at radius 2 is 1.96 bits per heavy atom. The van der Waals surface area contributed by atoms with Crippen LogP contribution in [0.3, 0.4) is 0 Å². The number of rotatable bonds is 6. The molecule has 4 rings (SSSR count). The van der Waals surface area contributed by atoms with Crippen molar-refractivity contribution in [3.8, 4) is 0 Å². The van der Waals surface area contributed by atoms with Gasteiger partial charge in [-0.1, -0.05) is 17.7 Å². The van der Waals surface area contributed by atoms with E-state index >= 15 is 0 Å². The zero-order valence-electron chi connectivity index (χ0n) is 15.7. The molecule has 3 heterocycles. The first-order chi connectivity index (χ1) is 13.4. The van der Waals surface area contributed by atoms with E-state index < -0.39 is 10.0 Å². The van der Waals surface area contributed by atoms with Crippen LogP contribution in [0.2, 0.25) is 5.02 Å². The number of hydrogen-bond acceptors (Lipinski definition) is 4. The van der Waals surface area contributed by atoms with Crippen molar-refractivity contribution in [2.45, 2.75) is 24.2 Å². The number of halogens is 1. The average Bonchev–Trinajstić information content (AvgIpc) is 3.32. The fourth-order valence-corrected chi connectivity index (χ4v) is 5.31. The van der Waals surface area contributed by atoms with Gasteiger partial charge in [0.2, 0.25) is 10.0 Å². The van der Waals surface area contributed by atoms with Gasteiger partial charge in [0, 0.05) is 55.0 Å². The normalized spacial score (nSPS) is 15.4. The number of aryl methyl sites for hydroxylation is 1. The molecule has 0 radical (unpaired) electrons. The van der Waals surface area contributed by atoms with Gasteiger partial charge in [0.05, 0.1) is 0 Å². The Morgan fingerprint density at radius 1 is 1.18 bits per heavy atom. The lowest BCUT2D eigenvalue weighted by atomic mass is 10.1. The SMILES string of the molecule is Cn1cc(CCNc2ccc(S(=O)(=O)N3CCCC3)cn2)c2ccc(Cl)cc21. The van der Waals surface area contributed by atoms with Crippen LogP contribution in [0.5, 0.6) is 0 Å². The van der Waals surface area contributed by atoms with Crippen LogP contribution in [0.1, 0.15) is 18.4 Å². The highest BCUT2D eigenvalue weighted by atomic mass is 35.5. The van der Waals surface area contributed by atoms with E-state index in [2.05, 4.69) is 21.1 Å². The molecule has 1 aliphatic rings. The average molecular weight is 419 g/mol. The standard InChI is InChI=1S/C20H23ClN4O2S/c1-24-14-15(18-6-4-16(21)12-19(18)24)8-9-22-20-7-5-17(13-23-20)28(26,27)25-10-2-3-11-25/h4-7,12-14H,2-3,8-11H2,1H3,(H,22,23). The van der Waals surface area contributed by atoms with Gasteiger partial charge in [-0.25, -0.2) is 13.4 Å². The third-order valence-corrected chi connectivity index (χ3v) is 7.29. The van der Waals surface area contributed by atoms with Gasteiger partial charge in [0.1, 0.15) is 10.7 Å².